The number of nitrogens with one attached hydrogen (secondary N) is 1. The van der Waals surface area contributed by atoms with Gasteiger partial charge < -0.3 is 14.2 Å². The Kier molecular flexibility index (Phi) is 9.25. The maximum atomic E-state index is 5.90. The second-order valence-corrected chi connectivity index (χ2v) is 10.8. The second-order valence-electron chi connectivity index (χ2n) is 10.8. The Hall–Kier alpha value is -6.51. The van der Waals surface area contributed by atoms with Gasteiger partial charge in [-0.1, -0.05) is 107 Å². The van der Waals surface area contributed by atoms with Crippen LogP contribution in [-0.2, 0) is 39.5 Å². The van der Waals surface area contributed by atoms with Crippen molar-refractivity contribution in [2.45, 2.75) is 39.5 Å². The fraction of sp³-hybridized carbons (Fsp3) is 0.182. The average Bonchev–Trinajstić information content (AvgIpc) is 3.89. The molecule has 0 saturated carbocycles. The Morgan fingerprint density at radius 1 is 0.542 bits per heavy atom. The molecule has 0 fully saturated rings. The molecule has 4 aromatic heterocycles. The van der Waals surface area contributed by atoms with Gasteiger partial charge in [0.25, 0.3) is 5.69 Å². The van der Waals surface area contributed by atoms with Gasteiger partial charge in [-0.2, -0.15) is 4.68 Å². The van der Waals surface area contributed by atoms with E-state index in [9.17, 15) is 0 Å². The van der Waals surface area contributed by atoms with Crippen LogP contribution in [0.4, 0.5) is 0 Å². The van der Waals surface area contributed by atoms with Gasteiger partial charge >= 0.3 is 18.0 Å². The molecule has 1 N–H and O–H groups in total. The lowest BCUT2D eigenvalue weighted by atomic mass is 10.2. The molecule has 0 unspecified atom stereocenters. The van der Waals surface area contributed by atoms with Crippen molar-refractivity contribution in [2.75, 3.05) is 0 Å². The van der Waals surface area contributed by atoms with Crippen molar-refractivity contribution in [3.63, 3.8) is 0 Å². The zero-order valence-electron chi connectivity index (χ0n) is 25.8. The standard InChI is InChI=1S/C33H30N12O3/c1-4-10-25(11-5-1)16-43-19-28(37-40-43)22-46-31-34-32(47-23-29-20-44(41-38-29)17-26-12-6-2-7-13-26)36-33(35-31)48-24-30-21-45(42-39-30)18-27-14-8-3-9-15-27/h1-15,19-21H,16-18,22-24H2/p+1. The van der Waals surface area contributed by atoms with Crippen molar-refractivity contribution in [2.24, 2.45) is 0 Å². The number of aromatic amines is 1. The molecule has 7 rings (SSSR count). The summed E-state index contributed by atoms with van der Waals surface area (Å²) >= 11 is 0. The van der Waals surface area contributed by atoms with Gasteiger partial charge in [0.05, 0.1) is 25.5 Å². The lowest BCUT2D eigenvalue weighted by Gasteiger charge is -2.08. The minimum atomic E-state index is 0.00140. The number of H-pyrrole nitrogens is 1. The first-order chi connectivity index (χ1) is 23.7. The predicted molar refractivity (Wildman–Crippen MR) is 168 cm³/mol. The molecule has 0 saturated heterocycles. The summed E-state index contributed by atoms with van der Waals surface area (Å²) in [5.41, 5.74) is 5.22. The van der Waals surface area contributed by atoms with Crippen molar-refractivity contribution in [3.05, 3.63) is 143 Å². The van der Waals surface area contributed by atoms with Gasteiger partial charge in [0.2, 0.25) is 0 Å². The molecule has 15 heteroatoms. The highest BCUT2D eigenvalue weighted by atomic mass is 16.5. The van der Waals surface area contributed by atoms with Crippen molar-refractivity contribution in [1.82, 2.24) is 55.3 Å². The van der Waals surface area contributed by atoms with E-state index in [0.29, 0.717) is 36.7 Å². The number of aromatic nitrogens is 12. The van der Waals surface area contributed by atoms with Crippen LogP contribution in [-0.4, -0.2) is 55.3 Å². The van der Waals surface area contributed by atoms with E-state index in [-0.39, 0.29) is 37.9 Å². The van der Waals surface area contributed by atoms with Gasteiger partial charge in [-0.25, -0.2) is 9.36 Å². The molecule has 3 aromatic carbocycles. The van der Waals surface area contributed by atoms with E-state index in [1.807, 2.05) is 114 Å². The number of hydrogen-bond acceptors (Lipinski definition) is 11. The van der Waals surface area contributed by atoms with E-state index in [1.165, 1.54) is 0 Å². The quantitative estimate of drug-likeness (QED) is 0.164. The smallest absolute Gasteiger partial charge is 0.326 e. The Balaban J connectivity index is 1.02. The summed E-state index contributed by atoms with van der Waals surface area (Å²) in [6.07, 6.45) is 5.48. The Bertz CT molecular complexity index is 1790. The molecule has 0 radical (unpaired) electrons. The summed E-state index contributed by atoms with van der Waals surface area (Å²) < 4.78 is 23.0. The molecule has 4 heterocycles. The van der Waals surface area contributed by atoms with Crippen LogP contribution in [0, 0.1) is 0 Å². The van der Waals surface area contributed by atoms with Crippen LogP contribution in [0.1, 0.15) is 33.8 Å². The Morgan fingerprint density at radius 3 is 1.46 bits per heavy atom. The van der Waals surface area contributed by atoms with Crippen molar-refractivity contribution in [3.8, 4) is 18.0 Å². The third kappa shape index (κ3) is 8.39. The van der Waals surface area contributed by atoms with E-state index in [4.69, 9.17) is 14.2 Å². The largest absolute Gasteiger partial charge is 0.457 e. The second kappa shape index (κ2) is 14.7. The number of ether oxygens (including phenoxy) is 3. The highest BCUT2D eigenvalue weighted by Gasteiger charge is 2.16. The minimum absolute atomic E-state index is 0.00140. The monoisotopic (exact) mass is 643 g/mol. The van der Waals surface area contributed by atoms with E-state index >= 15 is 0 Å². The van der Waals surface area contributed by atoms with Gasteiger partial charge in [-0.05, 0) is 16.7 Å². The fourth-order valence-corrected chi connectivity index (χ4v) is 4.73. The van der Waals surface area contributed by atoms with Crippen LogP contribution in [0.15, 0.2) is 110 Å². The van der Waals surface area contributed by atoms with E-state index < -0.39 is 0 Å². The normalized spacial score (nSPS) is 11.0. The highest BCUT2D eigenvalue weighted by Crippen LogP contribution is 2.18. The van der Waals surface area contributed by atoms with Crippen LogP contribution in [0.5, 0.6) is 18.0 Å². The number of nitrogens with zero attached hydrogens (tertiary/aromatic N) is 11. The summed E-state index contributed by atoms with van der Waals surface area (Å²) in [4.78, 5) is 13.0. The van der Waals surface area contributed by atoms with Gasteiger partial charge in [-0.3, -0.25) is 0 Å². The van der Waals surface area contributed by atoms with E-state index in [0.717, 1.165) is 16.7 Å². The SMILES string of the molecule is c1ccc(Cn2cc(COc3nc(OCc4cn(Cc5ccccc5)nn4)nc(OCc4c[n+](Cc5ccccc5)[nH]n4)n3)nn2)cc1. The van der Waals surface area contributed by atoms with E-state index in [1.54, 1.807) is 9.36 Å². The molecule has 7 aromatic rings. The molecule has 240 valence electrons. The summed E-state index contributed by atoms with van der Waals surface area (Å²) in [6, 6.07) is 30.1. The van der Waals surface area contributed by atoms with Crippen LogP contribution in [0.25, 0.3) is 0 Å². The van der Waals surface area contributed by atoms with Gasteiger partial charge in [0.15, 0.2) is 12.8 Å². The summed E-state index contributed by atoms with van der Waals surface area (Å²) in [7, 11) is 0. The molecule has 0 aliphatic heterocycles. The van der Waals surface area contributed by atoms with Crippen LogP contribution in [0.2, 0.25) is 0 Å². The van der Waals surface area contributed by atoms with E-state index in [2.05, 4.69) is 45.9 Å². The van der Waals surface area contributed by atoms with Crippen molar-refractivity contribution in [1.29, 1.82) is 0 Å². The minimum Gasteiger partial charge on any atom is -0.457 e. The lowest BCUT2D eigenvalue weighted by molar-refractivity contribution is -0.746. The molecular weight excluding hydrogens is 612 g/mol. The molecule has 0 aliphatic carbocycles. The molecular formula is C33H31N12O3+. The van der Waals surface area contributed by atoms with Gasteiger partial charge in [0, 0.05) is 5.10 Å². The first kappa shape index (κ1) is 30.2. The topological polar surface area (TPSA) is 160 Å². The number of rotatable bonds is 15. The molecule has 48 heavy (non-hydrogen) atoms. The Morgan fingerprint density at radius 2 is 0.979 bits per heavy atom. The maximum Gasteiger partial charge on any atom is 0.326 e. The fourth-order valence-electron chi connectivity index (χ4n) is 4.73. The maximum absolute atomic E-state index is 5.90. The third-order valence-electron chi connectivity index (χ3n) is 6.99. The third-order valence-corrected chi connectivity index (χ3v) is 6.99. The highest BCUT2D eigenvalue weighted by molar-refractivity contribution is 5.17. The average molecular weight is 644 g/mol. The molecule has 0 atom stereocenters. The summed E-state index contributed by atoms with van der Waals surface area (Å²) in [5, 5.41) is 24.1. The predicted octanol–water partition coefficient (Wildman–Crippen LogP) is 2.95. The zero-order chi connectivity index (χ0) is 32.4. The van der Waals surface area contributed by atoms with Gasteiger partial charge in [-0.15, -0.1) is 25.1 Å². The van der Waals surface area contributed by atoms with Crippen molar-refractivity contribution < 1.29 is 18.9 Å². The first-order valence-electron chi connectivity index (χ1n) is 15.2. The molecule has 15 nitrogen and oxygen atoms in total. The molecule has 0 bridgehead atoms. The van der Waals surface area contributed by atoms with Crippen LogP contribution in [0.3, 0.4) is 0 Å². The van der Waals surface area contributed by atoms with Crippen molar-refractivity contribution >= 4 is 0 Å². The van der Waals surface area contributed by atoms with Gasteiger partial charge in [0.1, 0.15) is 31.1 Å². The first-order valence-corrected chi connectivity index (χ1v) is 15.2. The van der Waals surface area contributed by atoms with Crippen LogP contribution < -0.4 is 18.9 Å². The molecule has 0 aliphatic rings. The zero-order valence-corrected chi connectivity index (χ0v) is 25.8. The summed E-state index contributed by atoms with van der Waals surface area (Å²) in [6.45, 7) is 2.06. The molecule has 0 spiro atoms. The van der Waals surface area contributed by atoms with Crippen LogP contribution >= 0.6 is 0 Å². The number of hydrogen-bond donors (Lipinski definition) is 1. The number of benzene rings is 3. The lowest BCUT2D eigenvalue weighted by Crippen LogP contribution is -2.35. The summed E-state index contributed by atoms with van der Waals surface area (Å²) in [5.74, 6) is 0. The Labute approximate surface area is 274 Å². The molecule has 0 amide bonds.